The van der Waals surface area contributed by atoms with Crippen molar-refractivity contribution in [1.82, 2.24) is 30.7 Å². The van der Waals surface area contributed by atoms with Crippen LogP contribution >= 0.6 is 0 Å². The molecule has 3 heterocycles. The second-order valence-electron chi connectivity index (χ2n) is 25.0. The van der Waals surface area contributed by atoms with Gasteiger partial charge in [-0.1, -0.05) is 85.2 Å². The number of amides is 8. The third-order valence-electron chi connectivity index (χ3n) is 17.4. The molecule has 11 N–H and O–H groups in total. The summed E-state index contributed by atoms with van der Waals surface area (Å²) >= 11 is 0. The Morgan fingerprint density at radius 2 is 1.49 bits per heavy atom. The Labute approximate surface area is 526 Å². The number of anilines is 1. The van der Waals surface area contributed by atoms with Crippen LogP contribution in [0.25, 0.3) is 0 Å². The smallest absolute Gasteiger partial charge is 0.335 e. The average Bonchev–Trinajstić information content (AvgIpc) is 1.04. The maximum atomic E-state index is 15.0. The van der Waals surface area contributed by atoms with Gasteiger partial charge in [0.1, 0.15) is 42.7 Å². The number of ether oxygens (including phenoxy) is 4. The molecule has 4 unspecified atom stereocenters. The molecule has 16 atom stereocenters. The SMILES string of the molecule is CC[C@H](C)[C@@H]([C@@H](CC(=O)N1CCCC1[C@H](OC)[C@@H](C)C(=O)N[C@H](C)[C@@H](O)c1ccccc1)OC)N(C)C(=O)C(NC(=O)C(C(C)C)[N+](C)(C)Cc1ccc(O[C@@H]2O[C@H](C(=O)O)[C@@H](O)[C@H](O)[C@H]2O)c(NC(=O)CCNC(=O)C(CN)N2C(=O)C=CC2=O)c1)C(C)C. The molecule has 0 saturated carbocycles. The summed E-state index contributed by atoms with van der Waals surface area (Å²) in [6.45, 7) is 14.5. The predicted molar refractivity (Wildman–Crippen MR) is 328 cm³/mol. The van der Waals surface area contributed by atoms with Crippen LogP contribution < -0.4 is 31.7 Å². The molecule has 2 fully saturated rings. The van der Waals surface area contributed by atoms with Gasteiger partial charge in [0.25, 0.3) is 17.7 Å². The molecule has 8 amide bonds. The first kappa shape index (κ1) is 73.8. The number of nitrogens with one attached hydrogen (secondary N) is 4. The lowest BCUT2D eigenvalue weighted by Gasteiger charge is -2.42. The molecule has 3 aliphatic heterocycles. The van der Waals surface area contributed by atoms with Crippen molar-refractivity contribution >= 4 is 58.9 Å². The molecule has 5 rings (SSSR count). The highest BCUT2D eigenvalue weighted by Gasteiger charge is 2.49. The van der Waals surface area contributed by atoms with Gasteiger partial charge < -0.3 is 85.8 Å². The van der Waals surface area contributed by atoms with Crippen LogP contribution in [0.4, 0.5) is 5.69 Å². The number of aliphatic hydroxyl groups excluding tert-OH is 4. The molecule has 0 bridgehead atoms. The van der Waals surface area contributed by atoms with E-state index in [0.29, 0.717) is 41.8 Å². The minimum atomic E-state index is -2.03. The van der Waals surface area contributed by atoms with Crippen LogP contribution in [0.1, 0.15) is 105 Å². The summed E-state index contributed by atoms with van der Waals surface area (Å²) in [7, 11) is 8.25. The van der Waals surface area contributed by atoms with Gasteiger partial charge in [-0.05, 0) is 55.4 Å². The van der Waals surface area contributed by atoms with E-state index in [1.54, 1.807) is 63.0 Å². The van der Waals surface area contributed by atoms with Crippen molar-refractivity contribution in [2.75, 3.05) is 60.3 Å². The number of benzene rings is 2. The van der Waals surface area contributed by atoms with Crippen molar-refractivity contribution in [3.05, 3.63) is 71.8 Å². The van der Waals surface area contributed by atoms with E-state index in [1.807, 2.05) is 59.7 Å². The number of aliphatic carboxylic acids is 1. The summed E-state index contributed by atoms with van der Waals surface area (Å²) in [5.41, 5.74) is 6.85. The summed E-state index contributed by atoms with van der Waals surface area (Å²) in [6.07, 6.45) is -8.99. The third-order valence-corrected chi connectivity index (χ3v) is 17.4. The van der Waals surface area contributed by atoms with Gasteiger partial charge in [-0.3, -0.25) is 43.3 Å². The number of carboxylic acid groups (broad SMARTS) is 1. The van der Waals surface area contributed by atoms with Crippen LogP contribution in [0.3, 0.4) is 0 Å². The van der Waals surface area contributed by atoms with Crippen molar-refractivity contribution in [2.24, 2.45) is 29.4 Å². The summed E-state index contributed by atoms with van der Waals surface area (Å²) in [4.78, 5) is 125. The minimum Gasteiger partial charge on any atom is -0.479 e. The Bertz CT molecular complexity index is 2840. The highest BCUT2D eigenvalue weighted by Crippen LogP contribution is 2.34. The predicted octanol–water partition coefficient (Wildman–Crippen LogP) is 0.555. The molecule has 0 aromatic heterocycles. The van der Waals surface area contributed by atoms with Crippen molar-refractivity contribution in [2.45, 2.75) is 179 Å². The Morgan fingerprint density at radius 1 is 0.844 bits per heavy atom. The number of aliphatic hydroxyl groups is 4. The number of carbonyl (C=O) groups excluding carboxylic acids is 8. The zero-order valence-corrected chi connectivity index (χ0v) is 53.9. The van der Waals surface area contributed by atoms with Crippen molar-refractivity contribution in [3.8, 4) is 5.75 Å². The molecule has 0 spiro atoms. The van der Waals surface area contributed by atoms with Gasteiger partial charge in [0.2, 0.25) is 35.8 Å². The van der Waals surface area contributed by atoms with Gasteiger partial charge in [0.05, 0.1) is 68.6 Å². The quantitative estimate of drug-likeness (QED) is 0.0353. The van der Waals surface area contributed by atoms with Gasteiger partial charge in [-0.15, -0.1) is 0 Å². The molecule has 500 valence electrons. The van der Waals surface area contributed by atoms with Gasteiger partial charge in [-0.25, -0.2) is 4.79 Å². The number of imide groups is 1. The number of likely N-dealkylation sites (tertiary alicyclic amines) is 1. The molecule has 2 saturated heterocycles. The fraction of sp³-hybridized carbons (Fsp3) is 0.635. The van der Waals surface area contributed by atoms with Crippen molar-refractivity contribution in [3.63, 3.8) is 0 Å². The third kappa shape index (κ3) is 18.0. The second-order valence-corrected chi connectivity index (χ2v) is 25.0. The summed E-state index contributed by atoms with van der Waals surface area (Å²) in [5, 5.41) is 63.6. The van der Waals surface area contributed by atoms with Gasteiger partial charge in [0, 0.05) is 71.0 Å². The molecular weight excluding hydrogens is 1170 g/mol. The molecule has 0 aliphatic carbocycles. The Kier molecular flexibility index (Phi) is 26.9. The van der Waals surface area contributed by atoms with Gasteiger partial charge in [0.15, 0.2) is 12.1 Å². The lowest BCUT2D eigenvalue weighted by Crippen LogP contribution is -2.63. The number of nitrogens with two attached hydrogens (primary N) is 1. The number of methoxy groups -OCH3 is 2. The summed E-state index contributed by atoms with van der Waals surface area (Å²) in [5.74, 6) is -7.94. The van der Waals surface area contributed by atoms with E-state index in [1.165, 1.54) is 26.4 Å². The highest BCUT2D eigenvalue weighted by molar-refractivity contribution is 6.15. The van der Waals surface area contributed by atoms with E-state index in [4.69, 9.17) is 24.7 Å². The monoisotopic (exact) mass is 1270 g/mol. The molecule has 0 radical (unpaired) electrons. The molecule has 27 nitrogen and oxygen atoms in total. The van der Waals surface area contributed by atoms with E-state index in [-0.39, 0.29) is 65.5 Å². The lowest BCUT2D eigenvalue weighted by atomic mass is 9.89. The first-order valence-electron chi connectivity index (χ1n) is 30.7. The number of hydrogen-bond donors (Lipinski definition) is 10. The fourth-order valence-electron chi connectivity index (χ4n) is 12.5. The van der Waals surface area contributed by atoms with Crippen LogP contribution in [-0.4, -0.2) is 232 Å². The minimum absolute atomic E-state index is 0.0304. The molecular formula is C63H96N9O18+. The topological polar surface area (TPSA) is 376 Å². The standard InChI is InChI=1S/C63H95N9O18/c1-14-35(6)50(44(87-12)30-48(76)70-28-18-21-41(70)56(88-13)36(7)58(81)66-37(8)52(77)39-19-16-15-17-20-39)69(9)61(84)49(33(2)3)68-60(83)51(34(4)5)72(10,11)32-38-22-23-43(89-63-55(80)53(78)54(79)57(90-63)62(85)86)40(29-38)67-45(73)26-27-65-59(82)42(31-64)71-46(74)24-25-47(71)75/h15-17,19-20,22-25,29,33-37,41-42,44,49-57,63,77-80H,14,18,21,26-28,30-32,64H2,1-13H3,(H4-,65,66,67,68,73,81,82,83,85,86)/p+1/t35-,36+,37+,41?,42?,44+,49?,50-,51?,52+,53-,54-,55+,56+,57-,63+/m0/s1. The maximum Gasteiger partial charge on any atom is 0.335 e. The number of likely N-dealkylation sites (N-methyl/N-ethyl adjacent to an activating group) is 2. The zero-order valence-electron chi connectivity index (χ0n) is 53.9. The van der Waals surface area contributed by atoms with Crippen molar-refractivity contribution < 1.29 is 92.1 Å². The second kappa shape index (κ2) is 32.9. The number of quaternary nitrogens is 1. The molecule has 2 aromatic carbocycles. The molecule has 2 aromatic rings. The molecule has 3 aliphatic rings. The fourth-order valence-corrected chi connectivity index (χ4v) is 12.5. The Morgan fingerprint density at radius 3 is 2.06 bits per heavy atom. The molecule has 27 heteroatoms. The lowest BCUT2D eigenvalue weighted by molar-refractivity contribution is -0.922. The summed E-state index contributed by atoms with van der Waals surface area (Å²) in [6, 6.07) is 8.53. The normalized spacial score (nSPS) is 22.8. The number of carboxylic acids is 1. The first-order chi connectivity index (χ1) is 42.3. The Balaban J connectivity index is 1.34. The van der Waals surface area contributed by atoms with E-state index >= 15 is 4.79 Å². The van der Waals surface area contributed by atoms with E-state index < -0.39 is 145 Å². The largest absolute Gasteiger partial charge is 0.479 e. The van der Waals surface area contributed by atoms with E-state index in [2.05, 4.69) is 21.3 Å². The summed E-state index contributed by atoms with van der Waals surface area (Å²) < 4.78 is 23.3. The molecule has 90 heavy (non-hydrogen) atoms. The first-order valence-corrected chi connectivity index (χ1v) is 30.7. The zero-order chi connectivity index (χ0) is 67.2. The highest BCUT2D eigenvalue weighted by atomic mass is 16.7. The van der Waals surface area contributed by atoms with E-state index in [0.717, 1.165) is 12.2 Å². The average molecular weight is 1270 g/mol. The number of rotatable bonds is 32. The van der Waals surface area contributed by atoms with Crippen LogP contribution in [-0.2, 0) is 63.9 Å². The van der Waals surface area contributed by atoms with E-state index in [9.17, 15) is 63.9 Å². The number of carbonyl (C=O) groups is 9. The Hall–Kier alpha value is -6.95. The van der Waals surface area contributed by atoms with Crippen LogP contribution in [0.2, 0.25) is 0 Å². The van der Waals surface area contributed by atoms with Gasteiger partial charge in [-0.2, -0.15) is 0 Å². The number of nitrogens with zero attached hydrogens (tertiary/aromatic N) is 4. The maximum absolute atomic E-state index is 15.0. The van der Waals surface area contributed by atoms with Gasteiger partial charge >= 0.3 is 5.97 Å². The van der Waals surface area contributed by atoms with Crippen LogP contribution in [0.5, 0.6) is 5.75 Å². The van der Waals surface area contributed by atoms with Crippen LogP contribution in [0.15, 0.2) is 60.7 Å². The number of hydrogen-bond acceptors (Lipinski definition) is 18. The van der Waals surface area contributed by atoms with Crippen LogP contribution in [0, 0.1) is 23.7 Å². The van der Waals surface area contributed by atoms with Crippen molar-refractivity contribution in [1.29, 1.82) is 0 Å².